The summed E-state index contributed by atoms with van der Waals surface area (Å²) in [6.07, 6.45) is 0.159. The fourth-order valence-corrected chi connectivity index (χ4v) is 0.969. The molecule has 3 heteroatoms. The highest BCUT2D eigenvalue weighted by Crippen LogP contribution is 2.25. The number of rotatable bonds is 0. The normalized spacial score (nSPS) is 8.31. The monoisotopic (exact) mass is 191 g/mol. The molecule has 0 saturated heterocycles. The third-order valence-electron chi connectivity index (χ3n) is 1.37. The number of phenols is 1. The predicted octanol–water partition coefficient (Wildman–Crippen LogP) is 2.31. The fraction of sp³-hybridized carbons (Fsp3) is 0.100. The van der Waals surface area contributed by atoms with Crippen molar-refractivity contribution >= 4 is 11.6 Å². The molecule has 1 aromatic carbocycles. The van der Waals surface area contributed by atoms with E-state index in [2.05, 4.69) is 11.8 Å². The van der Waals surface area contributed by atoms with Crippen LogP contribution in [-0.4, -0.2) is 5.11 Å². The number of aromatic hydroxyl groups is 1. The van der Waals surface area contributed by atoms with Crippen LogP contribution in [0.2, 0.25) is 5.02 Å². The smallest absolute Gasteiger partial charge is 0.135 e. The first-order valence-corrected chi connectivity index (χ1v) is 3.97. The number of hydrogen-bond acceptors (Lipinski definition) is 2. The molecule has 0 spiro atoms. The van der Waals surface area contributed by atoms with Crippen LogP contribution in [0, 0.1) is 23.2 Å². The highest BCUT2D eigenvalue weighted by Gasteiger charge is 2.00. The summed E-state index contributed by atoms with van der Waals surface area (Å²) in [5.74, 6) is 5.31. The lowest BCUT2D eigenvalue weighted by Crippen LogP contribution is -1.76. The molecular weight excluding hydrogens is 186 g/mol. The minimum absolute atomic E-state index is 0.00502. The van der Waals surface area contributed by atoms with Crippen molar-refractivity contribution in [3.05, 3.63) is 28.8 Å². The summed E-state index contributed by atoms with van der Waals surface area (Å²) >= 11 is 5.74. The second kappa shape index (κ2) is 4.40. The first-order chi connectivity index (χ1) is 6.25. The van der Waals surface area contributed by atoms with E-state index in [1.807, 2.05) is 6.07 Å². The van der Waals surface area contributed by atoms with Crippen LogP contribution in [0.25, 0.3) is 0 Å². The summed E-state index contributed by atoms with van der Waals surface area (Å²) in [6.45, 7) is 0. The van der Waals surface area contributed by atoms with Crippen LogP contribution in [0.15, 0.2) is 18.2 Å². The van der Waals surface area contributed by atoms with E-state index in [-0.39, 0.29) is 17.2 Å². The topological polar surface area (TPSA) is 44.0 Å². The molecule has 0 aromatic heterocycles. The van der Waals surface area contributed by atoms with Gasteiger partial charge in [-0.25, -0.2) is 0 Å². The predicted molar refractivity (Wildman–Crippen MR) is 50.2 cm³/mol. The molecule has 1 aromatic rings. The van der Waals surface area contributed by atoms with Gasteiger partial charge in [-0.05, 0) is 12.1 Å². The molecule has 0 radical (unpaired) electrons. The molecule has 0 heterocycles. The van der Waals surface area contributed by atoms with Gasteiger partial charge in [0.1, 0.15) is 5.75 Å². The Labute approximate surface area is 81.4 Å². The van der Waals surface area contributed by atoms with Crippen LogP contribution in [0.5, 0.6) is 5.75 Å². The minimum Gasteiger partial charge on any atom is -0.506 e. The van der Waals surface area contributed by atoms with Gasteiger partial charge in [0.2, 0.25) is 0 Å². The fourth-order valence-electron chi connectivity index (χ4n) is 0.795. The second-order valence-corrected chi connectivity index (χ2v) is 2.65. The van der Waals surface area contributed by atoms with Gasteiger partial charge in [0.05, 0.1) is 17.5 Å². The number of halogens is 1. The van der Waals surface area contributed by atoms with Crippen molar-refractivity contribution in [2.75, 3.05) is 0 Å². The molecule has 13 heavy (non-hydrogen) atoms. The van der Waals surface area contributed by atoms with Crippen LogP contribution < -0.4 is 0 Å². The Morgan fingerprint density at radius 3 is 2.92 bits per heavy atom. The number of phenolic OH excluding ortho intramolecular Hbond substituents is 1. The average molecular weight is 192 g/mol. The van der Waals surface area contributed by atoms with Crippen molar-refractivity contribution < 1.29 is 5.11 Å². The van der Waals surface area contributed by atoms with Crippen molar-refractivity contribution in [3.8, 4) is 23.7 Å². The highest BCUT2D eigenvalue weighted by molar-refractivity contribution is 6.33. The van der Waals surface area contributed by atoms with Crippen LogP contribution >= 0.6 is 11.6 Å². The zero-order valence-corrected chi connectivity index (χ0v) is 7.47. The largest absolute Gasteiger partial charge is 0.506 e. The van der Waals surface area contributed by atoms with Crippen LogP contribution in [0.1, 0.15) is 12.0 Å². The maximum absolute atomic E-state index is 9.19. The van der Waals surface area contributed by atoms with Gasteiger partial charge in [0, 0.05) is 5.56 Å². The van der Waals surface area contributed by atoms with Gasteiger partial charge in [0.15, 0.2) is 0 Å². The molecule has 0 amide bonds. The molecule has 0 atom stereocenters. The molecule has 0 aliphatic rings. The van der Waals surface area contributed by atoms with Gasteiger partial charge in [-0.15, -0.1) is 0 Å². The van der Waals surface area contributed by atoms with E-state index in [0.717, 1.165) is 0 Å². The van der Waals surface area contributed by atoms with Crippen LogP contribution in [-0.2, 0) is 0 Å². The maximum atomic E-state index is 9.19. The summed E-state index contributed by atoms with van der Waals surface area (Å²) in [6, 6.07) is 6.71. The molecule has 0 aliphatic carbocycles. The van der Waals surface area contributed by atoms with Gasteiger partial charge < -0.3 is 5.11 Å². The molecule has 1 rings (SSSR count). The second-order valence-electron chi connectivity index (χ2n) is 2.28. The van der Waals surface area contributed by atoms with Gasteiger partial charge >= 0.3 is 0 Å². The Bertz CT molecular complexity index is 409. The molecule has 0 aliphatic heterocycles. The molecule has 0 unspecified atom stereocenters. The first-order valence-electron chi connectivity index (χ1n) is 3.59. The zero-order valence-electron chi connectivity index (χ0n) is 6.71. The van der Waals surface area contributed by atoms with E-state index in [9.17, 15) is 5.11 Å². The summed E-state index contributed by atoms with van der Waals surface area (Å²) in [5.41, 5.74) is 0.539. The highest BCUT2D eigenvalue weighted by atomic mass is 35.5. The molecule has 64 valence electrons. The molecule has 0 fully saturated rings. The molecule has 2 nitrogen and oxygen atoms in total. The van der Waals surface area contributed by atoms with E-state index in [0.29, 0.717) is 5.56 Å². The van der Waals surface area contributed by atoms with Gasteiger partial charge in [-0.3, -0.25) is 0 Å². The van der Waals surface area contributed by atoms with Crippen molar-refractivity contribution in [1.29, 1.82) is 5.26 Å². The quantitative estimate of drug-likeness (QED) is 0.640. The molecular formula is C10H6ClNO. The summed E-state index contributed by atoms with van der Waals surface area (Å²) in [4.78, 5) is 0. The third-order valence-corrected chi connectivity index (χ3v) is 1.77. The third kappa shape index (κ3) is 2.40. The van der Waals surface area contributed by atoms with Gasteiger partial charge in [-0.1, -0.05) is 29.5 Å². The SMILES string of the molecule is N#CCC#Cc1cccc(O)c1Cl. The lowest BCUT2D eigenvalue weighted by Gasteiger charge is -1.97. The number of nitrogens with zero attached hydrogens (tertiary/aromatic N) is 1. The van der Waals surface area contributed by atoms with E-state index in [1.54, 1.807) is 12.1 Å². The van der Waals surface area contributed by atoms with E-state index in [1.165, 1.54) is 6.07 Å². The summed E-state index contributed by atoms with van der Waals surface area (Å²) in [5, 5.41) is 17.7. The Hall–Kier alpha value is -1.64. The maximum Gasteiger partial charge on any atom is 0.135 e. The van der Waals surface area contributed by atoms with Crippen molar-refractivity contribution in [2.45, 2.75) is 6.42 Å². The number of nitriles is 1. The standard InChI is InChI=1S/C10H6ClNO/c11-10-8(4-1-2-7-12)5-3-6-9(10)13/h3,5-6,13H,2H2. The van der Waals surface area contributed by atoms with E-state index < -0.39 is 0 Å². The summed E-state index contributed by atoms with van der Waals surface area (Å²) < 4.78 is 0. The van der Waals surface area contributed by atoms with Crippen LogP contribution in [0.4, 0.5) is 0 Å². The summed E-state index contributed by atoms with van der Waals surface area (Å²) in [7, 11) is 0. The lowest BCUT2D eigenvalue weighted by molar-refractivity contribution is 0.475. The van der Waals surface area contributed by atoms with Crippen LogP contribution in [0.3, 0.4) is 0 Å². The Balaban J connectivity index is 2.99. The average Bonchev–Trinajstić information content (AvgIpc) is 2.13. The Morgan fingerprint density at radius 2 is 2.23 bits per heavy atom. The zero-order chi connectivity index (χ0) is 9.68. The molecule has 1 N–H and O–H groups in total. The Kier molecular flexibility index (Phi) is 3.20. The van der Waals surface area contributed by atoms with Crippen molar-refractivity contribution in [1.82, 2.24) is 0 Å². The van der Waals surface area contributed by atoms with E-state index >= 15 is 0 Å². The number of benzene rings is 1. The lowest BCUT2D eigenvalue weighted by atomic mass is 10.2. The first kappa shape index (κ1) is 9.45. The molecule has 0 saturated carbocycles. The molecule has 0 bridgehead atoms. The minimum atomic E-state index is 0.00502. The van der Waals surface area contributed by atoms with Crippen molar-refractivity contribution in [3.63, 3.8) is 0 Å². The van der Waals surface area contributed by atoms with Crippen molar-refractivity contribution in [2.24, 2.45) is 0 Å². The van der Waals surface area contributed by atoms with E-state index in [4.69, 9.17) is 16.9 Å². The number of hydrogen-bond donors (Lipinski definition) is 1. The van der Waals surface area contributed by atoms with Gasteiger partial charge in [-0.2, -0.15) is 5.26 Å². The van der Waals surface area contributed by atoms with Gasteiger partial charge in [0.25, 0.3) is 0 Å². The Morgan fingerprint density at radius 1 is 1.46 bits per heavy atom.